The zero-order valence-corrected chi connectivity index (χ0v) is 27.1. The van der Waals surface area contributed by atoms with Crippen molar-refractivity contribution < 1.29 is 27.4 Å². The number of esters is 1. The van der Waals surface area contributed by atoms with Crippen LogP contribution >= 0.6 is 0 Å². The fourth-order valence-electron chi connectivity index (χ4n) is 10.4. The molecule has 0 aliphatic heterocycles. The molecule has 0 radical (unpaired) electrons. The number of carbonyl (C=O) groups is 1. The summed E-state index contributed by atoms with van der Waals surface area (Å²) in [7, 11) is 0.931. The van der Waals surface area contributed by atoms with Gasteiger partial charge >= 0.3 is 12.1 Å². The SMILES string of the molecule is CO[C@](C(=O)O[C@@H]1CC[C@@]2(C)C(=CC[C@H]3[C@@H]4CC[C@H]([C@H](C)CCCC(C)C)[C@@]4(C)CC[C@@H]32)C1)(c1ccccc1)C(F)(F)F. The molecule has 0 N–H and O–H groups in total. The van der Waals surface area contributed by atoms with Crippen molar-refractivity contribution in [3.8, 4) is 0 Å². The Morgan fingerprint density at radius 1 is 0.977 bits per heavy atom. The van der Waals surface area contributed by atoms with E-state index in [4.69, 9.17) is 9.47 Å². The highest BCUT2D eigenvalue weighted by Crippen LogP contribution is 2.67. The maximum atomic E-state index is 14.5. The van der Waals surface area contributed by atoms with Crippen molar-refractivity contribution in [2.75, 3.05) is 7.11 Å². The zero-order valence-electron chi connectivity index (χ0n) is 27.1. The quantitative estimate of drug-likeness (QED) is 0.208. The summed E-state index contributed by atoms with van der Waals surface area (Å²) < 4.78 is 54.0. The first-order valence-electron chi connectivity index (χ1n) is 16.9. The van der Waals surface area contributed by atoms with Gasteiger partial charge < -0.3 is 9.47 Å². The molecule has 0 bridgehead atoms. The number of ether oxygens (including phenoxy) is 2. The van der Waals surface area contributed by atoms with Crippen molar-refractivity contribution in [1.82, 2.24) is 0 Å². The van der Waals surface area contributed by atoms with Gasteiger partial charge in [0.05, 0.1) is 0 Å². The first kappa shape index (κ1) is 32.6. The minimum atomic E-state index is -4.96. The van der Waals surface area contributed by atoms with Crippen LogP contribution in [0.25, 0.3) is 0 Å². The van der Waals surface area contributed by atoms with E-state index in [1.807, 2.05) is 0 Å². The number of alkyl halides is 3. The average molecular weight is 603 g/mol. The molecule has 240 valence electrons. The third-order valence-electron chi connectivity index (χ3n) is 12.7. The predicted octanol–water partition coefficient (Wildman–Crippen LogP) is 10.0. The maximum absolute atomic E-state index is 14.5. The molecule has 0 amide bonds. The van der Waals surface area contributed by atoms with E-state index in [9.17, 15) is 18.0 Å². The van der Waals surface area contributed by atoms with Gasteiger partial charge in [-0.05, 0) is 91.3 Å². The molecule has 5 rings (SSSR count). The lowest BCUT2D eigenvalue weighted by atomic mass is 9.47. The van der Waals surface area contributed by atoms with Crippen molar-refractivity contribution in [2.24, 2.45) is 46.3 Å². The second-order valence-electron chi connectivity index (χ2n) is 15.3. The van der Waals surface area contributed by atoms with Gasteiger partial charge in [0.15, 0.2) is 0 Å². The number of rotatable bonds is 9. The molecule has 0 unspecified atom stereocenters. The Labute approximate surface area is 257 Å². The van der Waals surface area contributed by atoms with Gasteiger partial charge in [-0.1, -0.05) is 95.9 Å². The Hall–Kier alpha value is -1.82. The zero-order chi connectivity index (χ0) is 31.2. The van der Waals surface area contributed by atoms with Crippen LogP contribution in [-0.4, -0.2) is 25.4 Å². The molecule has 0 saturated heterocycles. The molecule has 1 aromatic rings. The summed E-state index contributed by atoms with van der Waals surface area (Å²) in [6.45, 7) is 12.1. The van der Waals surface area contributed by atoms with Gasteiger partial charge in [-0.15, -0.1) is 0 Å². The molecular formula is C37H53F3O3. The summed E-state index contributed by atoms with van der Waals surface area (Å²) in [4.78, 5) is 13.3. The number of hydrogen-bond donors (Lipinski definition) is 0. The molecule has 0 spiro atoms. The Bertz CT molecular complexity index is 1160. The molecule has 43 heavy (non-hydrogen) atoms. The van der Waals surface area contributed by atoms with E-state index in [-0.39, 0.29) is 11.0 Å². The number of fused-ring (bicyclic) bond motifs is 5. The molecule has 6 heteroatoms. The Morgan fingerprint density at radius 3 is 2.35 bits per heavy atom. The van der Waals surface area contributed by atoms with E-state index in [0.29, 0.717) is 30.1 Å². The molecule has 0 aromatic heterocycles. The average Bonchev–Trinajstić information content (AvgIpc) is 3.31. The van der Waals surface area contributed by atoms with Crippen molar-refractivity contribution >= 4 is 5.97 Å². The van der Waals surface area contributed by atoms with Crippen molar-refractivity contribution in [3.05, 3.63) is 47.5 Å². The third-order valence-corrected chi connectivity index (χ3v) is 12.7. The van der Waals surface area contributed by atoms with E-state index < -0.39 is 23.9 Å². The minimum absolute atomic E-state index is 0.0237. The second-order valence-corrected chi connectivity index (χ2v) is 15.3. The summed E-state index contributed by atoms with van der Waals surface area (Å²) in [5.74, 6) is 2.98. The summed E-state index contributed by atoms with van der Waals surface area (Å²) >= 11 is 0. The largest absolute Gasteiger partial charge is 0.459 e. The van der Waals surface area contributed by atoms with E-state index in [0.717, 1.165) is 43.6 Å². The van der Waals surface area contributed by atoms with Gasteiger partial charge in [0, 0.05) is 19.1 Å². The number of benzene rings is 1. The number of allylic oxidation sites excluding steroid dienone is 1. The number of carbonyl (C=O) groups excluding carboxylic acids is 1. The summed E-state index contributed by atoms with van der Waals surface area (Å²) in [5, 5.41) is 0. The van der Waals surface area contributed by atoms with Crippen molar-refractivity contribution in [2.45, 2.75) is 123 Å². The van der Waals surface area contributed by atoms with Crippen molar-refractivity contribution in [3.63, 3.8) is 0 Å². The number of halogens is 3. The van der Waals surface area contributed by atoms with Gasteiger partial charge in [-0.25, -0.2) is 4.79 Å². The lowest BCUT2D eigenvalue weighted by Gasteiger charge is -2.58. The predicted molar refractivity (Wildman–Crippen MR) is 164 cm³/mol. The van der Waals surface area contributed by atoms with Crippen LogP contribution in [0, 0.1) is 46.3 Å². The van der Waals surface area contributed by atoms with Crippen LogP contribution in [0.15, 0.2) is 42.0 Å². The lowest BCUT2D eigenvalue weighted by Crippen LogP contribution is -2.53. The molecule has 3 fully saturated rings. The summed E-state index contributed by atoms with van der Waals surface area (Å²) in [5.41, 5.74) is -1.68. The highest BCUT2D eigenvalue weighted by molar-refractivity contribution is 5.83. The van der Waals surface area contributed by atoms with Crippen LogP contribution < -0.4 is 0 Å². The van der Waals surface area contributed by atoms with Crippen LogP contribution in [0.5, 0.6) is 0 Å². The monoisotopic (exact) mass is 602 g/mol. The highest BCUT2D eigenvalue weighted by atomic mass is 19.4. The Kier molecular flexibility index (Phi) is 9.22. The summed E-state index contributed by atoms with van der Waals surface area (Å²) in [6, 6.07) is 7.12. The van der Waals surface area contributed by atoms with E-state index >= 15 is 0 Å². The normalized spacial score (nSPS) is 36.1. The Balaban J connectivity index is 1.29. The van der Waals surface area contributed by atoms with Gasteiger partial charge in [0.25, 0.3) is 5.60 Å². The van der Waals surface area contributed by atoms with Gasteiger partial charge in [-0.2, -0.15) is 13.2 Å². The molecule has 9 atom stereocenters. The van der Waals surface area contributed by atoms with Crippen LogP contribution in [0.3, 0.4) is 0 Å². The van der Waals surface area contributed by atoms with E-state index in [2.05, 4.69) is 40.7 Å². The van der Waals surface area contributed by atoms with E-state index in [1.54, 1.807) is 6.07 Å². The first-order valence-corrected chi connectivity index (χ1v) is 16.9. The standard InChI is InChI=1S/C37H53F3O3/c1-24(2)11-10-12-25(3)30-17-18-31-29-16-15-27-23-28(19-21-34(27,4)32(29)20-22-35(30,31)5)43-33(41)36(42-6,37(38,39)40)26-13-8-7-9-14-26/h7-9,13-15,24-25,28-32H,10-12,16-23H2,1-6H3/t25-,28-,29+,30-,31+,32+,34+,35-,36+/m1/s1. The summed E-state index contributed by atoms with van der Waals surface area (Å²) in [6.07, 6.45) is 8.97. The third kappa shape index (κ3) is 5.61. The maximum Gasteiger partial charge on any atom is 0.432 e. The van der Waals surface area contributed by atoms with Crippen LogP contribution in [0.1, 0.15) is 111 Å². The molecule has 3 saturated carbocycles. The first-order chi connectivity index (χ1) is 20.3. The van der Waals surface area contributed by atoms with Crippen molar-refractivity contribution in [1.29, 1.82) is 0 Å². The van der Waals surface area contributed by atoms with Gasteiger partial charge in [0.1, 0.15) is 6.10 Å². The lowest BCUT2D eigenvalue weighted by molar-refractivity contribution is -0.278. The number of methoxy groups -OCH3 is 1. The molecule has 4 aliphatic rings. The minimum Gasteiger partial charge on any atom is -0.459 e. The van der Waals surface area contributed by atoms with Crippen LogP contribution in [0.4, 0.5) is 13.2 Å². The second kappa shape index (κ2) is 12.2. The Morgan fingerprint density at radius 2 is 1.70 bits per heavy atom. The van der Waals surface area contributed by atoms with Gasteiger partial charge in [0.2, 0.25) is 0 Å². The molecular weight excluding hydrogens is 549 g/mol. The smallest absolute Gasteiger partial charge is 0.432 e. The van der Waals surface area contributed by atoms with Gasteiger partial charge in [-0.3, -0.25) is 0 Å². The fourth-order valence-corrected chi connectivity index (χ4v) is 10.4. The molecule has 3 nitrogen and oxygen atoms in total. The topological polar surface area (TPSA) is 35.5 Å². The van der Waals surface area contributed by atoms with Crippen LogP contribution in [0.2, 0.25) is 0 Å². The van der Waals surface area contributed by atoms with Crippen LogP contribution in [-0.2, 0) is 19.9 Å². The number of hydrogen-bond acceptors (Lipinski definition) is 3. The molecule has 0 heterocycles. The highest BCUT2D eigenvalue weighted by Gasteiger charge is 2.65. The molecule has 1 aromatic carbocycles. The molecule has 4 aliphatic carbocycles. The van der Waals surface area contributed by atoms with E-state index in [1.165, 1.54) is 74.8 Å². The fraction of sp³-hybridized carbons (Fsp3) is 0.757.